The molecular formula is C5H8Cl2O2. The first-order valence-corrected chi connectivity index (χ1v) is 3.54. The van der Waals surface area contributed by atoms with Crippen LogP contribution in [-0.2, 0) is 0 Å². The van der Waals surface area contributed by atoms with E-state index in [-0.39, 0.29) is 0 Å². The minimum Gasteiger partial charge on any atom is -0.390 e. The molecule has 0 heterocycles. The summed E-state index contributed by atoms with van der Waals surface area (Å²) in [6.45, 7) is 0. The van der Waals surface area contributed by atoms with Crippen LogP contribution in [0.2, 0.25) is 0 Å². The normalized spacial score (nSPS) is 41.3. The Kier molecular flexibility index (Phi) is 1.92. The molecule has 1 rings (SSSR count). The lowest BCUT2D eigenvalue weighted by atomic mass is 10.3. The summed E-state index contributed by atoms with van der Waals surface area (Å²) in [5.41, 5.74) is 0. The molecule has 0 aromatic carbocycles. The molecule has 9 heavy (non-hydrogen) atoms. The average Bonchev–Trinajstić information content (AvgIpc) is 1.96. The molecule has 2 N–H and O–H groups in total. The molecule has 4 heteroatoms. The third-order valence-electron chi connectivity index (χ3n) is 1.60. The van der Waals surface area contributed by atoms with E-state index < -0.39 is 16.5 Å². The van der Waals surface area contributed by atoms with Gasteiger partial charge in [-0.3, -0.25) is 0 Å². The van der Waals surface area contributed by atoms with Crippen LogP contribution >= 0.6 is 23.2 Å². The highest BCUT2D eigenvalue weighted by molar-refractivity contribution is 6.49. The van der Waals surface area contributed by atoms with E-state index in [1.165, 1.54) is 0 Å². The zero-order chi connectivity index (χ0) is 7.07. The van der Waals surface area contributed by atoms with E-state index >= 15 is 0 Å². The van der Waals surface area contributed by atoms with Gasteiger partial charge in [-0.1, -0.05) is 23.2 Å². The summed E-state index contributed by atoms with van der Waals surface area (Å²) in [7, 11) is 0. The van der Waals surface area contributed by atoms with E-state index in [0.29, 0.717) is 12.8 Å². The first kappa shape index (κ1) is 7.61. The van der Waals surface area contributed by atoms with Crippen LogP contribution in [0, 0.1) is 0 Å². The number of aliphatic hydroxyl groups is 2. The molecule has 2 nitrogen and oxygen atoms in total. The third kappa shape index (κ3) is 1.17. The lowest BCUT2D eigenvalue weighted by Gasteiger charge is -2.19. The molecule has 1 saturated carbocycles. The molecule has 0 amide bonds. The molecule has 0 unspecified atom stereocenters. The molecule has 0 aromatic heterocycles. The van der Waals surface area contributed by atoms with Crippen LogP contribution < -0.4 is 0 Å². The van der Waals surface area contributed by atoms with Crippen LogP contribution in [0.15, 0.2) is 0 Å². The Hall–Kier alpha value is 0.500. The highest BCUT2D eigenvalue weighted by atomic mass is 35.5. The molecule has 0 radical (unpaired) electrons. The van der Waals surface area contributed by atoms with Gasteiger partial charge in [-0.2, -0.15) is 0 Å². The molecule has 1 aliphatic rings. The summed E-state index contributed by atoms with van der Waals surface area (Å²) in [5.74, 6) is 0. The Morgan fingerprint density at radius 2 is 1.44 bits per heavy atom. The van der Waals surface area contributed by atoms with Crippen molar-refractivity contribution in [3.8, 4) is 0 Å². The molecule has 1 fully saturated rings. The lowest BCUT2D eigenvalue weighted by Crippen LogP contribution is -2.34. The maximum Gasteiger partial charge on any atom is 0.169 e. The molecular weight excluding hydrogens is 163 g/mol. The Labute approximate surface area is 63.4 Å². The number of rotatable bonds is 0. The quantitative estimate of drug-likeness (QED) is 0.526. The van der Waals surface area contributed by atoms with Crippen molar-refractivity contribution in [1.29, 1.82) is 0 Å². The summed E-state index contributed by atoms with van der Waals surface area (Å²) >= 11 is 11.1. The Morgan fingerprint density at radius 3 is 1.56 bits per heavy atom. The van der Waals surface area contributed by atoms with Gasteiger partial charge in [-0.15, -0.1) is 0 Å². The Balaban J connectivity index is 2.66. The van der Waals surface area contributed by atoms with Crippen molar-refractivity contribution in [2.45, 2.75) is 29.4 Å². The number of hydrogen-bond acceptors (Lipinski definition) is 2. The average molecular weight is 171 g/mol. The van der Waals surface area contributed by atoms with E-state index in [2.05, 4.69) is 0 Å². The second-order valence-electron chi connectivity index (χ2n) is 2.28. The third-order valence-corrected chi connectivity index (χ3v) is 2.61. The van der Waals surface area contributed by atoms with Gasteiger partial charge in [0.25, 0.3) is 0 Å². The van der Waals surface area contributed by atoms with Gasteiger partial charge in [0.05, 0.1) is 12.2 Å². The summed E-state index contributed by atoms with van der Waals surface area (Å²) < 4.78 is -1.33. The zero-order valence-electron chi connectivity index (χ0n) is 4.72. The molecule has 1 aliphatic carbocycles. The first-order valence-electron chi connectivity index (χ1n) is 2.79. The van der Waals surface area contributed by atoms with E-state index in [1.807, 2.05) is 0 Å². The van der Waals surface area contributed by atoms with Gasteiger partial charge >= 0.3 is 0 Å². The van der Waals surface area contributed by atoms with Crippen LogP contribution in [0.3, 0.4) is 0 Å². The van der Waals surface area contributed by atoms with E-state index in [4.69, 9.17) is 33.4 Å². The number of aliphatic hydroxyl groups excluding tert-OH is 2. The highest BCUT2D eigenvalue weighted by Crippen LogP contribution is 2.39. The van der Waals surface area contributed by atoms with Gasteiger partial charge < -0.3 is 10.2 Å². The molecule has 0 saturated heterocycles. The standard InChI is InChI=1S/C5H8Cl2O2/c6-5(7)3(8)1-2-4(5)9/h3-4,8-9H,1-2H2/t3-,4-/m0/s1. The van der Waals surface area contributed by atoms with Crippen LogP contribution in [0.4, 0.5) is 0 Å². The van der Waals surface area contributed by atoms with E-state index in [0.717, 1.165) is 0 Å². The van der Waals surface area contributed by atoms with Crippen LogP contribution in [0.25, 0.3) is 0 Å². The van der Waals surface area contributed by atoms with Crippen molar-refractivity contribution in [1.82, 2.24) is 0 Å². The molecule has 0 spiro atoms. The van der Waals surface area contributed by atoms with Crippen molar-refractivity contribution in [2.75, 3.05) is 0 Å². The lowest BCUT2D eigenvalue weighted by molar-refractivity contribution is 0.124. The smallest absolute Gasteiger partial charge is 0.169 e. The van der Waals surface area contributed by atoms with Crippen LogP contribution in [-0.4, -0.2) is 26.8 Å². The number of alkyl halides is 2. The summed E-state index contributed by atoms with van der Waals surface area (Å²) in [6, 6.07) is 0. The summed E-state index contributed by atoms with van der Waals surface area (Å²) in [4.78, 5) is 0. The second kappa shape index (κ2) is 2.27. The summed E-state index contributed by atoms with van der Waals surface area (Å²) in [6.07, 6.45) is -0.603. The predicted octanol–water partition coefficient (Wildman–Crippen LogP) is 0.676. The Bertz CT molecular complexity index is 104. The molecule has 0 aromatic rings. The fraction of sp³-hybridized carbons (Fsp3) is 1.00. The van der Waals surface area contributed by atoms with Crippen molar-refractivity contribution in [3.63, 3.8) is 0 Å². The molecule has 0 aliphatic heterocycles. The monoisotopic (exact) mass is 170 g/mol. The molecule has 0 bridgehead atoms. The van der Waals surface area contributed by atoms with Gasteiger partial charge in [0.15, 0.2) is 4.33 Å². The number of hydrogen-bond donors (Lipinski definition) is 2. The largest absolute Gasteiger partial charge is 0.390 e. The summed E-state index contributed by atoms with van der Waals surface area (Å²) in [5, 5.41) is 18.0. The fourth-order valence-electron chi connectivity index (χ4n) is 0.923. The van der Waals surface area contributed by atoms with Crippen molar-refractivity contribution in [2.24, 2.45) is 0 Å². The Morgan fingerprint density at radius 1 is 1.11 bits per heavy atom. The van der Waals surface area contributed by atoms with Gasteiger partial charge in [-0.25, -0.2) is 0 Å². The van der Waals surface area contributed by atoms with Crippen LogP contribution in [0.1, 0.15) is 12.8 Å². The maximum atomic E-state index is 9.00. The zero-order valence-corrected chi connectivity index (χ0v) is 6.23. The van der Waals surface area contributed by atoms with Crippen molar-refractivity contribution in [3.05, 3.63) is 0 Å². The van der Waals surface area contributed by atoms with Gasteiger partial charge in [0, 0.05) is 0 Å². The maximum absolute atomic E-state index is 9.00. The minimum absolute atomic E-state index is 0.480. The van der Waals surface area contributed by atoms with Gasteiger partial charge in [0.1, 0.15) is 0 Å². The highest BCUT2D eigenvalue weighted by Gasteiger charge is 2.46. The van der Waals surface area contributed by atoms with E-state index in [9.17, 15) is 0 Å². The van der Waals surface area contributed by atoms with Crippen LogP contribution in [0.5, 0.6) is 0 Å². The first-order chi connectivity index (χ1) is 4.05. The van der Waals surface area contributed by atoms with Gasteiger partial charge in [0.2, 0.25) is 0 Å². The van der Waals surface area contributed by atoms with Crippen molar-refractivity contribution >= 4 is 23.2 Å². The van der Waals surface area contributed by atoms with Crippen molar-refractivity contribution < 1.29 is 10.2 Å². The molecule has 2 atom stereocenters. The predicted molar refractivity (Wildman–Crippen MR) is 35.7 cm³/mol. The second-order valence-corrected chi connectivity index (χ2v) is 3.73. The molecule has 54 valence electrons. The SMILES string of the molecule is O[C@H]1CC[C@H](O)C1(Cl)Cl. The number of halogens is 2. The minimum atomic E-state index is -1.33. The van der Waals surface area contributed by atoms with Gasteiger partial charge in [-0.05, 0) is 12.8 Å². The fourth-order valence-corrected chi connectivity index (χ4v) is 1.36. The van der Waals surface area contributed by atoms with E-state index in [1.54, 1.807) is 0 Å². The topological polar surface area (TPSA) is 40.5 Å².